The summed E-state index contributed by atoms with van der Waals surface area (Å²) in [6.45, 7) is 0. The molecule has 0 fully saturated rings. The minimum atomic E-state index is -1.39. The molecule has 0 saturated carbocycles. The highest BCUT2D eigenvalue weighted by Gasteiger charge is 2.22. The van der Waals surface area contributed by atoms with Crippen LogP contribution in [0.5, 0.6) is 0 Å². The summed E-state index contributed by atoms with van der Waals surface area (Å²) in [5, 5.41) is 13.1. The van der Waals surface area contributed by atoms with Crippen LogP contribution in [-0.2, 0) is 9.59 Å². The molecule has 1 rings (SSSR count). The van der Waals surface area contributed by atoms with Gasteiger partial charge in [-0.15, -0.1) is 0 Å². The number of nitrogens with two attached hydrogens (primary N) is 1. The number of hydrogen-bond donors (Lipinski definition) is 4. The quantitative estimate of drug-likeness (QED) is 0.525. The molecule has 1 aromatic heterocycles. The summed E-state index contributed by atoms with van der Waals surface area (Å²) in [5.74, 6) is -2.04. The molecule has 0 aliphatic heterocycles. The maximum atomic E-state index is 11.4. The van der Waals surface area contributed by atoms with Crippen molar-refractivity contribution in [2.75, 3.05) is 5.32 Å². The van der Waals surface area contributed by atoms with Crippen LogP contribution in [0.3, 0.4) is 0 Å². The molecular formula is C9H11N5O4. The smallest absolute Gasteiger partial charge is 0.326 e. The van der Waals surface area contributed by atoms with Gasteiger partial charge in [-0.1, -0.05) is 0 Å². The molecule has 1 aromatic rings. The fourth-order valence-electron chi connectivity index (χ4n) is 1.08. The third kappa shape index (κ3) is 4.43. The molecule has 0 saturated heterocycles. The highest BCUT2D eigenvalue weighted by molar-refractivity contribution is 5.93. The van der Waals surface area contributed by atoms with Gasteiger partial charge in [0.2, 0.25) is 5.91 Å². The number of aliphatic carboxylic acids is 1. The van der Waals surface area contributed by atoms with Crippen LogP contribution in [0.2, 0.25) is 0 Å². The van der Waals surface area contributed by atoms with Crippen LogP contribution < -0.4 is 16.4 Å². The SMILES string of the molecule is NC(=O)CC(NC(=O)Nc1cnccn1)C(=O)O. The molecule has 9 heteroatoms. The predicted octanol–water partition coefficient (Wildman–Crippen LogP) is -1.07. The summed E-state index contributed by atoms with van der Waals surface area (Å²) < 4.78 is 0. The molecule has 18 heavy (non-hydrogen) atoms. The van der Waals surface area contributed by atoms with Crippen molar-refractivity contribution in [3.05, 3.63) is 18.6 Å². The van der Waals surface area contributed by atoms with Gasteiger partial charge in [0.1, 0.15) is 6.04 Å². The van der Waals surface area contributed by atoms with Crippen LogP contribution >= 0.6 is 0 Å². The highest BCUT2D eigenvalue weighted by atomic mass is 16.4. The zero-order valence-electron chi connectivity index (χ0n) is 9.16. The molecule has 96 valence electrons. The summed E-state index contributed by atoms with van der Waals surface area (Å²) in [7, 11) is 0. The van der Waals surface area contributed by atoms with Gasteiger partial charge in [0.25, 0.3) is 0 Å². The van der Waals surface area contributed by atoms with E-state index in [-0.39, 0.29) is 5.82 Å². The van der Waals surface area contributed by atoms with Crippen LogP contribution in [0, 0.1) is 0 Å². The fourth-order valence-corrected chi connectivity index (χ4v) is 1.08. The Morgan fingerprint density at radius 1 is 1.39 bits per heavy atom. The third-order valence-electron chi connectivity index (χ3n) is 1.81. The summed E-state index contributed by atoms with van der Waals surface area (Å²) >= 11 is 0. The van der Waals surface area contributed by atoms with E-state index in [9.17, 15) is 14.4 Å². The molecule has 3 amide bonds. The zero-order chi connectivity index (χ0) is 13.5. The Labute approximate surface area is 101 Å². The van der Waals surface area contributed by atoms with Crippen molar-refractivity contribution in [2.24, 2.45) is 5.73 Å². The van der Waals surface area contributed by atoms with Crippen molar-refractivity contribution in [3.63, 3.8) is 0 Å². The van der Waals surface area contributed by atoms with E-state index >= 15 is 0 Å². The number of carbonyl (C=O) groups is 3. The lowest BCUT2D eigenvalue weighted by molar-refractivity contribution is -0.140. The van der Waals surface area contributed by atoms with Gasteiger partial charge in [-0.2, -0.15) is 0 Å². The third-order valence-corrected chi connectivity index (χ3v) is 1.81. The monoisotopic (exact) mass is 253 g/mol. The van der Waals surface area contributed by atoms with E-state index in [1.165, 1.54) is 18.6 Å². The van der Waals surface area contributed by atoms with Gasteiger partial charge in [-0.25, -0.2) is 14.6 Å². The molecule has 0 bridgehead atoms. The second-order valence-electron chi connectivity index (χ2n) is 3.25. The van der Waals surface area contributed by atoms with Gasteiger partial charge in [0.05, 0.1) is 12.6 Å². The first-order valence-electron chi connectivity index (χ1n) is 4.83. The molecule has 5 N–H and O–H groups in total. The van der Waals surface area contributed by atoms with Gasteiger partial charge >= 0.3 is 12.0 Å². The average Bonchev–Trinajstić information content (AvgIpc) is 2.28. The number of carboxylic acid groups (broad SMARTS) is 1. The van der Waals surface area contributed by atoms with Crippen molar-refractivity contribution in [2.45, 2.75) is 12.5 Å². The molecular weight excluding hydrogens is 242 g/mol. The number of nitrogens with zero attached hydrogens (tertiary/aromatic N) is 2. The van der Waals surface area contributed by atoms with Crippen molar-refractivity contribution in [3.8, 4) is 0 Å². The lowest BCUT2D eigenvalue weighted by Gasteiger charge is -2.12. The van der Waals surface area contributed by atoms with Crippen LogP contribution in [0.25, 0.3) is 0 Å². The number of nitrogens with one attached hydrogen (secondary N) is 2. The van der Waals surface area contributed by atoms with E-state index in [0.29, 0.717) is 0 Å². The number of aromatic nitrogens is 2. The normalized spacial score (nSPS) is 11.3. The van der Waals surface area contributed by atoms with Crippen molar-refractivity contribution >= 4 is 23.7 Å². The number of carboxylic acids is 1. The number of hydrogen-bond acceptors (Lipinski definition) is 5. The van der Waals surface area contributed by atoms with E-state index in [0.717, 1.165) is 0 Å². The second-order valence-corrected chi connectivity index (χ2v) is 3.25. The topological polar surface area (TPSA) is 147 Å². The zero-order valence-corrected chi connectivity index (χ0v) is 9.16. The molecule has 9 nitrogen and oxygen atoms in total. The maximum absolute atomic E-state index is 11.4. The first-order chi connectivity index (χ1) is 8.49. The minimum Gasteiger partial charge on any atom is -0.480 e. The van der Waals surface area contributed by atoms with Gasteiger partial charge in [-0.3, -0.25) is 15.1 Å². The lowest BCUT2D eigenvalue weighted by atomic mass is 10.2. The number of primary amides is 1. The van der Waals surface area contributed by atoms with Crippen molar-refractivity contribution in [1.29, 1.82) is 0 Å². The summed E-state index contributed by atoms with van der Waals surface area (Å²) in [4.78, 5) is 40.2. The van der Waals surface area contributed by atoms with Gasteiger partial charge < -0.3 is 16.2 Å². The molecule has 1 unspecified atom stereocenters. The summed E-state index contributed by atoms with van der Waals surface area (Å²) in [6, 6.07) is -2.21. The van der Waals surface area contributed by atoms with E-state index in [1.807, 2.05) is 0 Å². The average molecular weight is 253 g/mol. The number of urea groups is 1. The Bertz CT molecular complexity index is 450. The molecule has 1 heterocycles. The molecule has 0 aliphatic carbocycles. The maximum Gasteiger partial charge on any atom is 0.326 e. The number of carbonyl (C=O) groups excluding carboxylic acids is 2. The first-order valence-corrected chi connectivity index (χ1v) is 4.83. The van der Waals surface area contributed by atoms with E-state index < -0.39 is 30.4 Å². The molecule has 1 atom stereocenters. The Morgan fingerprint density at radius 2 is 2.11 bits per heavy atom. The van der Waals surface area contributed by atoms with E-state index in [4.69, 9.17) is 10.8 Å². The summed E-state index contributed by atoms with van der Waals surface area (Å²) in [6.07, 6.45) is 3.55. The molecule has 0 spiro atoms. The van der Waals surface area contributed by atoms with Gasteiger partial charge in [0.15, 0.2) is 5.82 Å². The summed E-state index contributed by atoms with van der Waals surface area (Å²) in [5.41, 5.74) is 4.86. The largest absolute Gasteiger partial charge is 0.480 e. The lowest BCUT2D eigenvalue weighted by Crippen LogP contribution is -2.45. The van der Waals surface area contributed by atoms with E-state index in [2.05, 4.69) is 20.6 Å². The van der Waals surface area contributed by atoms with Gasteiger partial charge in [0, 0.05) is 12.4 Å². The number of anilines is 1. The number of rotatable bonds is 5. The minimum absolute atomic E-state index is 0.151. The Morgan fingerprint density at radius 3 is 2.61 bits per heavy atom. The van der Waals surface area contributed by atoms with E-state index in [1.54, 1.807) is 0 Å². The first kappa shape index (κ1) is 13.4. The van der Waals surface area contributed by atoms with Crippen LogP contribution in [0.1, 0.15) is 6.42 Å². The van der Waals surface area contributed by atoms with Crippen molar-refractivity contribution in [1.82, 2.24) is 15.3 Å². The van der Waals surface area contributed by atoms with Gasteiger partial charge in [-0.05, 0) is 0 Å². The number of amides is 3. The van der Waals surface area contributed by atoms with Crippen LogP contribution in [0.15, 0.2) is 18.6 Å². The van der Waals surface area contributed by atoms with Crippen molar-refractivity contribution < 1.29 is 19.5 Å². The molecule has 0 aliphatic rings. The Hall–Kier alpha value is -2.71. The predicted molar refractivity (Wildman–Crippen MR) is 59.4 cm³/mol. The Kier molecular flexibility index (Phi) is 4.55. The highest BCUT2D eigenvalue weighted by Crippen LogP contribution is 1.98. The molecule has 0 aromatic carbocycles. The second kappa shape index (κ2) is 6.13. The van der Waals surface area contributed by atoms with Crippen LogP contribution in [-0.4, -0.2) is 39.0 Å². The Balaban J connectivity index is 2.56. The molecule has 0 radical (unpaired) electrons. The fraction of sp³-hybridized carbons (Fsp3) is 0.222. The van der Waals surface area contributed by atoms with Crippen LogP contribution in [0.4, 0.5) is 10.6 Å². The standard InChI is InChI=1S/C9H11N5O4/c10-6(15)3-5(8(16)17)13-9(18)14-7-4-11-1-2-12-7/h1-2,4-5H,3H2,(H2,10,15)(H,16,17)(H2,12,13,14,18).